The van der Waals surface area contributed by atoms with Crippen molar-refractivity contribution in [2.24, 2.45) is 0 Å². The van der Waals surface area contributed by atoms with Gasteiger partial charge in [-0.25, -0.2) is 18.7 Å². The topological polar surface area (TPSA) is 83.3 Å². The smallest absolute Gasteiger partial charge is 0.356 e. The third-order valence-electron chi connectivity index (χ3n) is 2.47. The molecule has 0 aliphatic rings. The molecule has 2 aromatic heterocycles. The van der Waals surface area contributed by atoms with Crippen LogP contribution < -0.4 is 0 Å². The van der Waals surface area contributed by atoms with Crippen LogP contribution in [-0.2, 0) is 0 Å². The molecule has 0 unspecified atom stereocenters. The van der Waals surface area contributed by atoms with Gasteiger partial charge in [0.15, 0.2) is 11.5 Å². The van der Waals surface area contributed by atoms with Crippen molar-refractivity contribution in [2.75, 3.05) is 0 Å². The molecule has 0 amide bonds. The Kier molecular flexibility index (Phi) is 2.12. The van der Waals surface area contributed by atoms with Crippen LogP contribution in [0, 0.1) is 5.82 Å². The summed E-state index contributed by atoms with van der Waals surface area (Å²) in [6, 6.07) is 6.16. The summed E-state index contributed by atoms with van der Waals surface area (Å²) in [5.41, 5.74) is 0.189. The molecule has 0 spiro atoms. The first-order valence-electron chi connectivity index (χ1n) is 5.08. The van der Waals surface area contributed by atoms with Crippen molar-refractivity contribution in [1.29, 1.82) is 0 Å². The van der Waals surface area contributed by atoms with Gasteiger partial charge in [0.2, 0.25) is 0 Å². The quantitative estimate of drug-likeness (QED) is 0.718. The van der Waals surface area contributed by atoms with Gasteiger partial charge in [-0.2, -0.15) is 4.98 Å². The fraction of sp³-hybridized carbons (Fsp3) is 0. The summed E-state index contributed by atoms with van der Waals surface area (Å²) in [6.45, 7) is 0. The monoisotopic (exact) mass is 246 g/mol. The number of fused-ring (bicyclic) bond motifs is 1. The third-order valence-corrected chi connectivity index (χ3v) is 2.47. The van der Waals surface area contributed by atoms with E-state index in [1.165, 1.54) is 16.8 Å². The highest BCUT2D eigenvalue weighted by molar-refractivity contribution is 5.85. The van der Waals surface area contributed by atoms with Crippen LogP contribution in [0.25, 0.3) is 17.2 Å². The number of carbonyl (C=O) groups is 1. The standard InChI is InChI=1S/C11H7FN4O2/c12-7-4-2-1-3-6(7)9-14-11-13-8(10(17)18)5-16(11)15-9/h1-5H,(H,17,18)(H,13,14,15). The van der Waals surface area contributed by atoms with Crippen molar-refractivity contribution in [3.05, 3.63) is 42.0 Å². The Bertz CT molecular complexity index is 715. The largest absolute Gasteiger partial charge is 0.476 e. The number of hydrogen-bond donors (Lipinski definition) is 2. The van der Waals surface area contributed by atoms with E-state index in [0.717, 1.165) is 0 Å². The number of nitrogens with zero attached hydrogens (tertiary/aromatic N) is 3. The molecule has 7 heteroatoms. The maximum absolute atomic E-state index is 13.5. The Balaban J connectivity index is 2.12. The van der Waals surface area contributed by atoms with E-state index in [0.29, 0.717) is 11.4 Å². The second-order valence-electron chi connectivity index (χ2n) is 3.65. The summed E-state index contributed by atoms with van der Waals surface area (Å²) in [7, 11) is 0. The number of carboxylic acids is 1. The Morgan fingerprint density at radius 2 is 2.11 bits per heavy atom. The van der Waals surface area contributed by atoms with Gasteiger partial charge in [-0.05, 0) is 12.1 Å². The van der Waals surface area contributed by atoms with Crippen molar-refractivity contribution in [3.63, 3.8) is 0 Å². The summed E-state index contributed by atoms with van der Waals surface area (Å²) >= 11 is 0. The molecule has 1 aromatic carbocycles. The van der Waals surface area contributed by atoms with E-state index in [-0.39, 0.29) is 11.5 Å². The number of benzene rings is 1. The van der Waals surface area contributed by atoms with E-state index in [9.17, 15) is 9.18 Å². The predicted octanol–water partition coefficient (Wildman–Crippen LogP) is 1.56. The SMILES string of the molecule is O=C(O)c1cn2[nH]c(-c3ccccc3F)nc2n1. The molecule has 3 aromatic rings. The number of hydrogen-bond acceptors (Lipinski definition) is 3. The average molecular weight is 246 g/mol. The molecule has 0 bridgehead atoms. The molecule has 0 saturated carbocycles. The maximum Gasteiger partial charge on any atom is 0.356 e. The zero-order valence-corrected chi connectivity index (χ0v) is 8.96. The number of aromatic amines is 1. The van der Waals surface area contributed by atoms with Crippen LogP contribution in [0.5, 0.6) is 0 Å². The first-order chi connectivity index (χ1) is 8.65. The number of H-pyrrole nitrogens is 1. The number of aromatic nitrogens is 4. The molecule has 0 radical (unpaired) electrons. The van der Waals surface area contributed by atoms with Crippen molar-refractivity contribution in [2.45, 2.75) is 0 Å². The number of carboxylic acid groups (broad SMARTS) is 1. The zero-order valence-electron chi connectivity index (χ0n) is 8.96. The lowest BCUT2D eigenvalue weighted by Crippen LogP contribution is -1.96. The van der Waals surface area contributed by atoms with Gasteiger partial charge < -0.3 is 5.11 Å². The summed E-state index contributed by atoms with van der Waals surface area (Å²) < 4.78 is 14.9. The molecule has 6 nitrogen and oxygen atoms in total. The van der Waals surface area contributed by atoms with Gasteiger partial charge in [-0.1, -0.05) is 12.1 Å². The summed E-state index contributed by atoms with van der Waals surface area (Å²) in [6.07, 6.45) is 1.29. The van der Waals surface area contributed by atoms with Gasteiger partial charge in [-0.15, -0.1) is 0 Å². The lowest BCUT2D eigenvalue weighted by atomic mass is 10.2. The minimum atomic E-state index is -1.14. The van der Waals surface area contributed by atoms with Gasteiger partial charge in [0, 0.05) is 0 Å². The third kappa shape index (κ3) is 1.53. The fourth-order valence-electron chi connectivity index (χ4n) is 1.65. The van der Waals surface area contributed by atoms with Gasteiger partial charge in [0.25, 0.3) is 5.78 Å². The Morgan fingerprint density at radius 1 is 1.33 bits per heavy atom. The van der Waals surface area contributed by atoms with Crippen LogP contribution in [0.15, 0.2) is 30.5 Å². The number of nitrogens with one attached hydrogen (secondary N) is 1. The number of rotatable bonds is 2. The highest BCUT2D eigenvalue weighted by atomic mass is 19.1. The molecular weight excluding hydrogens is 239 g/mol. The van der Waals surface area contributed by atoms with E-state index in [1.54, 1.807) is 18.2 Å². The van der Waals surface area contributed by atoms with Gasteiger partial charge in [0.1, 0.15) is 5.82 Å². The van der Waals surface area contributed by atoms with Crippen LogP contribution in [0.2, 0.25) is 0 Å². The van der Waals surface area contributed by atoms with Crippen molar-refractivity contribution >= 4 is 11.7 Å². The minimum absolute atomic E-state index is 0.117. The van der Waals surface area contributed by atoms with E-state index in [1.807, 2.05) is 0 Å². The molecule has 3 rings (SSSR count). The highest BCUT2D eigenvalue weighted by Crippen LogP contribution is 2.19. The summed E-state index contributed by atoms with van der Waals surface area (Å²) in [5.74, 6) is -1.06. The molecule has 2 N–H and O–H groups in total. The second-order valence-corrected chi connectivity index (χ2v) is 3.65. The van der Waals surface area contributed by atoms with Crippen molar-refractivity contribution in [3.8, 4) is 11.4 Å². The molecule has 0 aliphatic carbocycles. The van der Waals surface area contributed by atoms with E-state index >= 15 is 0 Å². The summed E-state index contributed by atoms with van der Waals surface area (Å²) in [4.78, 5) is 18.5. The van der Waals surface area contributed by atoms with Crippen molar-refractivity contribution < 1.29 is 14.3 Å². The number of halogens is 1. The molecule has 0 atom stereocenters. The Labute approximate surface area is 99.7 Å². The van der Waals surface area contributed by atoms with Crippen molar-refractivity contribution in [1.82, 2.24) is 19.6 Å². The van der Waals surface area contributed by atoms with Crippen LogP contribution in [0.3, 0.4) is 0 Å². The highest BCUT2D eigenvalue weighted by Gasteiger charge is 2.14. The lowest BCUT2D eigenvalue weighted by Gasteiger charge is -1.96. The fourth-order valence-corrected chi connectivity index (χ4v) is 1.65. The molecule has 90 valence electrons. The predicted molar refractivity (Wildman–Crippen MR) is 59.7 cm³/mol. The molecule has 0 aliphatic heterocycles. The van der Waals surface area contributed by atoms with Crippen LogP contribution in [0.1, 0.15) is 10.5 Å². The van der Waals surface area contributed by atoms with Gasteiger partial charge in [0.05, 0.1) is 11.8 Å². The minimum Gasteiger partial charge on any atom is -0.476 e. The van der Waals surface area contributed by atoms with Gasteiger partial charge in [-0.3, -0.25) is 5.10 Å². The first-order valence-corrected chi connectivity index (χ1v) is 5.08. The van der Waals surface area contributed by atoms with E-state index < -0.39 is 11.8 Å². The normalized spacial score (nSPS) is 10.9. The van der Waals surface area contributed by atoms with E-state index in [4.69, 9.17) is 5.11 Å². The van der Waals surface area contributed by atoms with E-state index in [2.05, 4.69) is 15.1 Å². The summed E-state index contributed by atoms with van der Waals surface area (Å²) in [5, 5.41) is 11.5. The van der Waals surface area contributed by atoms with Crippen LogP contribution in [0.4, 0.5) is 4.39 Å². The zero-order chi connectivity index (χ0) is 12.7. The second kappa shape index (κ2) is 3.66. The Morgan fingerprint density at radius 3 is 2.78 bits per heavy atom. The molecular formula is C11H7FN4O2. The lowest BCUT2D eigenvalue weighted by molar-refractivity contribution is 0.0691. The number of imidazole rings is 1. The first kappa shape index (κ1) is 10.5. The average Bonchev–Trinajstić information content (AvgIpc) is 2.87. The van der Waals surface area contributed by atoms with Crippen LogP contribution in [-0.4, -0.2) is 30.7 Å². The Hall–Kier alpha value is -2.70. The number of aromatic carboxylic acids is 1. The molecule has 0 fully saturated rings. The maximum atomic E-state index is 13.5. The van der Waals surface area contributed by atoms with Crippen LogP contribution >= 0.6 is 0 Å². The molecule has 2 heterocycles. The van der Waals surface area contributed by atoms with Gasteiger partial charge >= 0.3 is 5.97 Å². The molecule has 0 saturated heterocycles. The molecule has 18 heavy (non-hydrogen) atoms.